The molecule has 0 radical (unpaired) electrons. The summed E-state index contributed by atoms with van der Waals surface area (Å²) >= 11 is 0. The molecule has 2 aromatic rings. The monoisotopic (exact) mass is 690 g/mol. The van der Waals surface area contributed by atoms with E-state index in [1.165, 1.54) is 6.92 Å². The molecule has 1 saturated carbocycles. The topological polar surface area (TPSA) is 114 Å². The lowest BCUT2D eigenvalue weighted by molar-refractivity contribution is -0.154. The van der Waals surface area contributed by atoms with Gasteiger partial charge in [0.2, 0.25) is 0 Å². The zero-order valence-electron chi connectivity index (χ0n) is 30.5. The van der Waals surface area contributed by atoms with Gasteiger partial charge in [0.1, 0.15) is 18.8 Å². The Morgan fingerprint density at radius 1 is 0.960 bits per heavy atom. The van der Waals surface area contributed by atoms with E-state index < -0.39 is 22.9 Å². The molecule has 2 heterocycles. The average molecular weight is 691 g/mol. The van der Waals surface area contributed by atoms with Crippen LogP contribution in [0.3, 0.4) is 0 Å². The highest BCUT2D eigenvalue weighted by Gasteiger charge is 2.50. The lowest BCUT2D eigenvalue weighted by atomic mass is 9.70. The number of hydrogen-bond donors (Lipinski definition) is 0. The van der Waals surface area contributed by atoms with Gasteiger partial charge in [-0.15, -0.1) is 0 Å². The quantitative estimate of drug-likeness (QED) is 0.176. The Balaban J connectivity index is 1.73. The number of fused-ring (bicyclic) bond motifs is 15. The molecule has 0 spiro atoms. The molecule has 0 saturated heterocycles. The fraction of sp³-hybridized carbons (Fsp3) is 0.561. The van der Waals surface area contributed by atoms with Gasteiger partial charge in [-0.25, -0.2) is 4.79 Å². The lowest BCUT2D eigenvalue weighted by Gasteiger charge is -2.37. The third-order valence-corrected chi connectivity index (χ3v) is 9.81. The van der Waals surface area contributed by atoms with Gasteiger partial charge in [-0.1, -0.05) is 55.5 Å². The summed E-state index contributed by atoms with van der Waals surface area (Å²) in [4.78, 5) is 51.4. The summed E-state index contributed by atoms with van der Waals surface area (Å²) in [7, 11) is 0. The Morgan fingerprint density at radius 2 is 1.72 bits per heavy atom. The molecule has 1 aliphatic carbocycles. The Kier molecular flexibility index (Phi) is 13.8. The van der Waals surface area contributed by atoms with E-state index in [4.69, 9.17) is 23.7 Å². The highest BCUT2D eigenvalue weighted by Crippen LogP contribution is 2.54. The predicted molar refractivity (Wildman–Crippen MR) is 189 cm³/mol. The number of ether oxygens (including phenoxy) is 5. The van der Waals surface area contributed by atoms with Crippen molar-refractivity contribution in [2.24, 2.45) is 10.8 Å². The van der Waals surface area contributed by atoms with Crippen LogP contribution in [0.25, 0.3) is 0 Å². The molecule has 5 atom stereocenters. The summed E-state index contributed by atoms with van der Waals surface area (Å²) in [5, 5.41) is 0. The van der Waals surface area contributed by atoms with E-state index in [1.54, 1.807) is 24.3 Å². The van der Waals surface area contributed by atoms with Crippen molar-refractivity contribution in [2.75, 3.05) is 13.2 Å². The highest BCUT2D eigenvalue weighted by atomic mass is 16.6. The molecule has 0 amide bonds. The number of esters is 4. The molecule has 2 aromatic carbocycles. The van der Waals surface area contributed by atoms with Gasteiger partial charge in [-0.3, -0.25) is 14.4 Å². The summed E-state index contributed by atoms with van der Waals surface area (Å²) in [5.41, 5.74) is 1.92. The molecule has 272 valence electrons. The second-order valence-electron chi connectivity index (χ2n) is 14.9. The molecule has 2 aliphatic heterocycles. The van der Waals surface area contributed by atoms with E-state index in [-0.39, 0.29) is 55.7 Å². The first-order chi connectivity index (χ1) is 23.8. The summed E-state index contributed by atoms with van der Waals surface area (Å²) in [6, 6.07) is 15.0. The van der Waals surface area contributed by atoms with Crippen LogP contribution in [0.15, 0.2) is 60.7 Å². The van der Waals surface area contributed by atoms with Crippen LogP contribution in [0.4, 0.5) is 0 Å². The summed E-state index contributed by atoms with van der Waals surface area (Å²) in [6.45, 7) is 11.7. The minimum atomic E-state index is -0.688. The molecule has 3 aliphatic rings. The second kappa shape index (κ2) is 17.8. The van der Waals surface area contributed by atoms with Crippen molar-refractivity contribution in [1.29, 1.82) is 0 Å². The first-order valence-corrected chi connectivity index (χ1v) is 17.9. The Hall–Kier alpha value is -3.98. The van der Waals surface area contributed by atoms with E-state index in [9.17, 15) is 19.2 Å². The molecule has 5 rings (SSSR count). The zero-order chi connectivity index (χ0) is 36.3. The fourth-order valence-corrected chi connectivity index (χ4v) is 6.92. The fourth-order valence-electron chi connectivity index (χ4n) is 6.92. The highest BCUT2D eigenvalue weighted by molar-refractivity contribution is 5.89. The number of carbonyl (C=O) groups excluding carboxylic acids is 4. The van der Waals surface area contributed by atoms with Crippen molar-refractivity contribution < 1.29 is 42.9 Å². The van der Waals surface area contributed by atoms with E-state index in [0.717, 1.165) is 16.7 Å². The van der Waals surface area contributed by atoms with Crippen LogP contribution < -0.4 is 0 Å². The van der Waals surface area contributed by atoms with Crippen molar-refractivity contribution in [3.05, 3.63) is 82.9 Å². The molecule has 0 N–H and O–H groups in total. The van der Waals surface area contributed by atoms with E-state index >= 15 is 0 Å². The van der Waals surface area contributed by atoms with Crippen LogP contribution in [-0.2, 0) is 51.1 Å². The maximum absolute atomic E-state index is 13.3. The maximum Gasteiger partial charge on any atom is 0.338 e. The number of carbonyl (C=O) groups is 4. The second-order valence-corrected chi connectivity index (χ2v) is 14.9. The van der Waals surface area contributed by atoms with Gasteiger partial charge in [0.15, 0.2) is 0 Å². The van der Waals surface area contributed by atoms with Gasteiger partial charge in [0.25, 0.3) is 0 Å². The normalized spacial score (nSPS) is 26.1. The number of benzene rings is 2. The minimum Gasteiger partial charge on any atom is -0.465 e. The third kappa shape index (κ3) is 11.0. The molecule has 1 unspecified atom stereocenters. The van der Waals surface area contributed by atoms with E-state index in [1.807, 2.05) is 58.0 Å². The van der Waals surface area contributed by atoms with Crippen LogP contribution in [0, 0.1) is 10.8 Å². The standard InChI is InChI=1S/C41H54O9/c1-28-15-17-33(49-29(2)42)26-30-16-18-34(32(25-30)27-48-39(45)40(3,4)5)35-19-20-36(50-38(44)31-13-9-7-10-14-31)41(35,6)22-21-37(43)47-24-12-8-11-23-46-28/h7-11,13-14,16,18,25,28,33,35-36H,12,15,17,19-24,26-27H2,1-6H3/b11-8-/t28?,33-,35-,36-,41-/m0/s1. The molecular formula is C41H54O9. The lowest BCUT2D eigenvalue weighted by Crippen LogP contribution is -2.36. The molecular weight excluding hydrogens is 636 g/mol. The zero-order valence-corrected chi connectivity index (χ0v) is 30.5. The van der Waals surface area contributed by atoms with Gasteiger partial charge in [-0.2, -0.15) is 0 Å². The average Bonchev–Trinajstić information content (AvgIpc) is 3.38. The van der Waals surface area contributed by atoms with Gasteiger partial charge in [-0.05, 0) is 101 Å². The van der Waals surface area contributed by atoms with E-state index in [0.29, 0.717) is 57.1 Å². The van der Waals surface area contributed by atoms with Crippen LogP contribution in [-0.4, -0.2) is 55.4 Å². The Bertz CT molecular complexity index is 1490. The van der Waals surface area contributed by atoms with Crippen LogP contribution in [0.5, 0.6) is 0 Å². The first kappa shape index (κ1) is 38.8. The van der Waals surface area contributed by atoms with E-state index in [2.05, 4.69) is 13.0 Å². The third-order valence-electron chi connectivity index (χ3n) is 9.81. The molecule has 9 heteroatoms. The van der Waals surface area contributed by atoms with Gasteiger partial charge >= 0.3 is 23.9 Å². The number of rotatable bonds is 5. The van der Waals surface area contributed by atoms with Gasteiger partial charge < -0.3 is 23.7 Å². The molecule has 50 heavy (non-hydrogen) atoms. The largest absolute Gasteiger partial charge is 0.465 e. The molecule has 9 nitrogen and oxygen atoms in total. The Morgan fingerprint density at radius 3 is 2.44 bits per heavy atom. The van der Waals surface area contributed by atoms with Crippen molar-refractivity contribution >= 4 is 23.9 Å². The summed E-state index contributed by atoms with van der Waals surface area (Å²) in [6.07, 6.45) is 7.25. The smallest absolute Gasteiger partial charge is 0.338 e. The van der Waals surface area contributed by atoms with Crippen LogP contribution in [0.2, 0.25) is 0 Å². The SMILES string of the molecule is CC(=O)O[C@H]1CCC(C)OC/C=C\CCOC(=O)CC[C@]2(C)[C@@H](OC(=O)c3ccccc3)CC[C@H]2c2ccc(cc2COC(=O)C(C)(C)C)C1. The van der Waals surface area contributed by atoms with Crippen molar-refractivity contribution in [3.63, 3.8) is 0 Å². The van der Waals surface area contributed by atoms with Crippen molar-refractivity contribution in [3.8, 4) is 0 Å². The Labute approximate surface area is 297 Å². The van der Waals surface area contributed by atoms with Gasteiger partial charge in [0.05, 0.1) is 30.3 Å². The first-order valence-electron chi connectivity index (χ1n) is 17.9. The van der Waals surface area contributed by atoms with Crippen molar-refractivity contribution in [1.82, 2.24) is 0 Å². The minimum absolute atomic E-state index is 0.0524. The van der Waals surface area contributed by atoms with Crippen LogP contribution in [0.1, 0.15) is 119 Å². The summed E-state index contributed by atoms with van der Waals surface area (Å²) < 4.78 is 29.4. The molecule has 2 bridgehead atoms. The van der Waals surface area contributed by atoms with Crippen LogP contribution >= 0.6 is 0 Å². The number of hydrogen-bond acceptors (Lipinski definition) is 9. The molecule has 0 aromatic heterocycles. The maximum atomic E-state index is 13.3. The van der Waals surface area contributed by atoms with Crippen molar-refractivity contribution in [2.45, 2.75) is 124 Å². The predicted octanol–water partition coefficient (Wildman–Crippen LogP) is 7.83. The van der Waals surface area contributed by atoms with Gasteiger partial charge in [0, 0.05) is 25.2 Å². The summed E-state index contributed by atoms with van der Waals surface area (Å²) in [5.74, 6) is -1.48. The molecule has 1 fully saturated rings.